The van der Waals surface area contributed by atoms with Gasteiger partial charge in [-0.3, -0.25) is 4.79 Å². The Morgan fingerprint density at radius 2 is 1.65 bits per heavy atom. The molecule has 1 saturated heterocycles. The van der Waals surface area contributed by atoms with E-state index in [-0.39, 0.29) is 18.2 Å². The molecule has 0 atom stereocenters. The summed E-state index contributed by atoms with van der Waals surface area (Å²) in [4.78, 5) is 14.6. The molecule has 1 aromatic rings. The summed E-state index contributed by atoms with van der Waals surface area (Å²) in [7, 11) is 0. The number of carbonyl (C=O) groups is 1. The zero-order chi connectivity index (χ0) is 13.5. The molecular formula is C17H26ClNO. The van der Waals surface area contributed by atoms with Crippen molar-refractivity contribution in [1.29, 1.82) is 0 Å². The summed E-state index contributed by atoms with van der Waals surface area (Å²) in [5, 5.41) is 0. The van der Waals surface area contributed by atoms with Crippen molar-refractivity contribution in [3.05, 3.63) is 35.4 Å². The van der Waals surface area contributed by atoms with Crippen molar-refractivity contribution in [2.24, 2.45) is 0 Å². The summed E-state index contributed by atoms with van der Waals surface area (Å²) >= 11 is 0. The van der Waals surface area contributed by atoms with Gasteiger partial charge in [-0.2, -0.15) is 0 Å². The van der Waals surface area contributed by atoms with Gasteiger partial charge in [-0.1, -0.05) is 44.0 Å². The van der Waals surface area contributed by atoms with Crippen molar-refractivity contribution in [3.63, 3.8) is 0 Å². The molecule has 0 aliphatic carbocycles. The molecule has 20 heavy (non-hydrogen) atoms. The summed E-state index contributed by atoms with van der Waals surface area (Å²) < 4.78 is 0. The van der Waals surface area contributed by atoms with Crippen LogP contribution in [-0.2, 0) is 6.42 Å². The Morgan fingerprint density at radius 1 is 1.05 bits per heavy atom. The molecule has 1 aliphatic heterocycles. The van der Waals surface area contributed by atoms with Crippen molar-refractivity contribution < 1.29 is 4.79 Å². The molecule has 1 heterocycles. The third-order valence-corrected chi connectivity index (χ3v) is 4.04. The van der Waals surface area contributed by atoms with Crippen LogP contribution in [0.1, 0.15) is 54.9 Å². The van der Waals surface area contributed by atoms with Crippen molar-refractivity contribution in [1.82, 2.24) is 4.90 Å². The van der Waals surface area contributed by atoms with Gasteiger partial charge in [0.05, 0.1) is 0 Å². The van der Waals surface area contributed by atoms with Gasteiger partial charge >= 0.3 is 0 Å². The van der Waals surface area contributed by atoms with E-state index in [4.69, 9.17) is 0 Å². The van der Waals surface area contributed by atoms with Gasteiger partial charge in [-0.25, -0.2) is 0 Å². The van der Waals surface area contributed by atoms with Crippen LogP contribution in [0, 0.1) is 0 Å². The lowest BCUT2D eigenvalue weighted by atomic mass is 10.0. The van der Waals surface area contributed by atoms with Crippen LogP contribution in [0.4, 0.5) is 0 Å². The molecule has 2 nitrogen and oxygen atoms in total. The SMILES string of the molecule is CCc1ccc(C(=O)CCN2CCCCCC2)cc1.Cl. The Bertz CT molecular complexity index is 394. The maximum absolute atomic E-state index is 12.1. The van der Waals surface area contributed by atoms with Crippen molar-refractivity contribution in [3.8, 4) is 0 Å². The zero-order valence-corrected chi connectivity index (χ0v) is 13.3. The van der Waals surface area contributed by atoms with Gasteiger partial charge in [-0.05, 0) is 37.9 Å². The molecule has 0 radical (unpaired) electrons. The van der Waals surface area contributed by atoms with Crippen LogP contribution in [0.25, 0.3) is 0 Å². The molecule has 0 saturated carbocycles. The largest absolute Gasteiger partial charge is 0.303 e. The highest BCUT2D eigenvalue weighted by atomic mass is 35.5. The van der Waals surface area contributed by atoms with Crippen LogP contribution >= 0.6 is 12.4 Å². The Balaban J connectivity index is 0.00000200. The molecule has 0 unspecified atom stereocenters. The fourth-order valence-corrected chi connectivity index (χ4v) is 2.69. The second kappa shape index (κ2) is 9.15. The van der Waals surface area contributed by atoms with Gasteiger partial charge < -0.3 is 4.90 Å². The third kappa shape index (κ3) is 5.26. The monoisotopic (exact) mass is 295 g/mol. The number of carbonyl (C=O) groups excluding carboxylic acids is 1. The highest BCUT2D eigenvalue weighted by Crippen LogP contribution is 2.12. The number of nitrogens with zero attached hydrogens (tertiary/aromatic N) is 1. The maximum atomic E-state index is 12.1. The zero-order valence-electron chi connectivity index (χ0n) is 12.4. The van der Waals surface area contributed by atoms with Crippen LogP contribution in [0.3, 0.4) is 0 Å². The van der Waals surface area contributed by atoms with Crippen LogP contribution < -0.4 is 0 Å². The molecule has 2 rings (SSSR count). The van der Waals surface area contributed by atoms with E-state index in [1.165, 1.54) is 44.3 Å². The lowest BCUT2D eigenvalue weighted by Crippen LogP contribution is -2.27. The molecule has 3 heteroatoms. The van der Waals surface area contributed by atoms with E-state index in [1.54, 1.807) is 0 Å². The Hall–Kier alpha value is -0.860. The summed E-state index contributed by atoms with van der Waals surface area (Å²) in [5.41, 5.74) is 2.16. The van der Waals surface area contributed by atoms with Crippen molar-refractivity contribution in [2.75, 3.05) is 19.6 Å². The van der Waals surface area contributed by atoms with E-state index >= 15 is 0 Å². The lowest BCUT2D eigenvalue weighted by Gasteiger charge is -2.18. The second-order valence-corrected chi connectivity index (χ2v) is 5.48. The minimum atomic E-state index is 0. The standard InChI is InChI=1S/C17H25NO.ClH/c1-2-15-7-9-16(10-8-15)17(19)11-14-18-12-5-3-4-6-13-18;/h7-10H,2-6,11-14H2,1H3;1H. The van der Waals surface area contributed by atoms with Gasteiger partial charge in [0.1, 0.15) is 0 Å². The number of halogens is 1. The fraction of sp³-hybridized carbons (Fsp3) is 0.588. The van der Waals surface area contributed by atoms with Crippen molar-refractivity contribution in [2.45, 2.75) is 45.4 Å². The predicted octanol–water partition coefficient (Wildman–Crippen LogP) is 4.12. The fourth-order valence-electron chi connectivity index (χ4n) is 2.69. The predicted molar refractivity (Wildman–Crippen MR) is 86.9 cm³/mol. The van der Waals surface area contributed by atoms with E-state index in [0.29, 0.717) is 6.42 Å². The van der Waals surface area contributed by atoms with E-state index in [2.05, 4.69) is 24.0 Å². The van der Waals surface area contributed by atoms with E-state index in [0.717, 1.165) is 18.5 Å². The topological polar surface area (TPSA) is 20.3 Å². The lowest BCUT2D eigenvalue weighted by molar-refractivity contribution is 0.0965. The Morgan fingerprint density at radius 3 is 2.20 bits per heavy atom. The highest BCUT2D eigenvalue weighted by Gasteiger charge is 2.11. The van der Waals surface area contributed by atoms with Crippen LogP contribution in [0.15, 0.2) is 24.3 Å². The van der Waals surface area contributed by atoms with Crippen LogP contribution in [-0.4, -0.2) is 30.3 Å². The van der Waals surface area contributed by atoms with E-state index in [1.807, 2.05) is 12.1 Å². The first-order chi connectivity index (χ1) is 9.29. The van der Waals surface area contributed by atoms with Crippen LogP contribution in [0.5, 0.6) is 0 Å². The molecule has 0 bridgehead atoms. The molecular weight excluding hydrogens is 270 g/mol. The first-order valence-corrected chi connectivity index (χ1v) is 7.64. The minimum absolute atomic E-state index is 0. The van der Waals surface area contributed by atoms with Gasteiger partial charge in [0, 0.05) is 18.5 Å². The average molecular weight is 296 g/mol. The van der Waals surface area contributed by atoms with Gasteiger partial charge in [0.15, 0.2) is 5.78 Å². The Kier molecular flexibility index (Phi) is 7.86. The number of aryl methyl sites for hydroxylation is 1. The molecule has 1 aromatic carbocycles. The Labute approximate surface area is 129 Å². The summed E-state index contributed by atoms with van der Waals surface area (Å²) in [5.74, 6) is 0.284. The average Bonchev–Trinajstić information content (AvgIpc) is 2.73. The van der Waals surface area contributed by atoms with Gasteiger partial charge in [0.2, 0.25) is 0 Å². The molecule has 1 aliphatic rings. The summed E-state index contributed by atoms with van der Waals surface area (Å²) in [6.45, 7) is 5.40. The number of ketones is 1. The molecule has 0 spiro atoms. The van der Waals surface area contributed by atoms with Gasteiger partial charge in [-0.15, -0.1) is 12.4 Å². The van der Waals surface area contributed by atoms with E-state index in [9.17, 15) is 4.79 Å². The number of rotatable bonds is 5. The first kappa shape index (κ1) is 17.2. The number of likely N-dealkylation sites (tertiary alicyclic amines) is 1. The van der Waals surface area contributed by atoms with Crippen molar-refractivity contribution >= 4 is 18.2 Å². The number of hydrogen-bond donors (Lipinski definition) is 0. The third-order valence-electron chi connectivity index (χ3n) is 4.04. The number of Topliss-reactive ketones (excluding diaryl/α,β-unsaturated/α-hetero) is 1. The quantitative estimate of drug-likeness (QED) is 0.762. The maximum Gasteiger partial charge on any atom is 0.164 e. The molecule has 0 N–H and O–H groups in total. The molecule has 1 fully saturated rings. The highest BCUT2D eigenvalue weighted by molar-refractivity contribution is 5.96. The molecule has 0 amide bonds. The summed E-state index contributed by atoms with van der Waals surface area (Å²) in [6.07, 6.45) is 6.97. The number of hydrogen-bond acceptors (Lipinski definition) is 2. The first-order valence-electron chi connectivity index (χ1n) is 7.64. The number of benzene rings is 1. The van der Waals surface area contributed by atoms with Crippen LogP contribution in [0.2, 0.25) is 0 Å². The smallest absolute Gasteiger partial charge is 0.164 e. The molecule has 0 aromatic heterocycles. The normalized spacial score (nSPS) is 16.2. The van der Waals surface area contributed by atoms with Gasteiger partial charge in [0.25, 0.3) is 0 Å². The summed E-state index contributed by atoms with van der Waals surface area (Å²) in [6, 6.07) is 8.09. The second-order valence-electron chi connectivity index (χ2n) is 5.48. The molecule has 112 valence electrons. The minimum Gasteiger partial charge on any atom is -0.303 e. The van der Waals surface area contributed by atoms with E-state index < -0.39 is 0 Å².